The summed E-state index contributed by atoms with van der Waals surface area (Å²) in [7, 11) is 0. The molecule has 0 radical (unpaired) electrons. The molecule has 28 heavy (non-hydrogen) atoms. The van der Waals surface area contributed by atoms with Gasteiger partial charge in [-0.15, -0.1) is 8.78 Å². The molecule has 1 N–H and O–H groups in total. The van der Waals surface area contributed by atoms with E-state index >= 15 is 0 Å². The number of halogens is 3. The first-order valence-electron chi connectivity index (χ1n) is 8.38. The third kappa shape index (κ3) is 5.36. The topological polar surface area (TPSA) is 53.9 Å². The fraction of sp³-hybridized carbons (Fsp3) is 0.263. The van der Waals surface area contributed by atoms with Crippen molar-refractivity contribution in [3.05, 3.63) is 54.6 Å². The molecular weight excluding hydrogens is 408 g/mol. The Morgan fingerprint density at radius 3 is 2.39 bits per heavy atom. The fourth-order valence-electron chi connectivity index (χ4n) is 2.50. The molecule has 9 heteroatoms. The number of carbonyl (C=O) groups is 1. The molecule has 1 aliphatic heterocycles. The number of alkyl halides is 3. The summed E-state index contributed by atoms with van der Waals surface area (Å²) >= 11 is 6.26. The number of hydrogen-bond donors (Lipinski definition) is 1. The SMILES string of the molecule is CC1(C)CN=C(N(C(=O)Nc2ccccc2)c2ccc(OC(F)(F)Cl)cc2)S1. The Morgan fingerprint density at radius 2 is 1.86 bits per heavy atom. The van der Waals surface area contributed by atoms with E-state index in [1.165, 1.54) is 40.9 Å². The Balaban J connectivity index is 1.87. The molecule has 0 atom stereocenters. The highest BCUT2D eigenvalue weighted by Gasteiger charge is 2.34. The molecule has 2 aromatic rings. The van der Waals surface area contributed by atoms with Crippen LogP contribution in [-0.4, -0.2) is 28.1 Å². The van der Waals surface area contributed by atoms with Gasteiger partial charge in [-0.25, -0.2) is 9.69 Å². The number of aliphatic imine (C=N–C) groups is 1. The molecule has 0 aliphatic carbocycles. The van der Waals surface area contributed by atoms with Crippen molar-refractivity contribution in [1.82, 2.24) is 0 Å². The highest BCUT2D eigenvalue weighted by Crippen LogP contribution is 2.36. The monoisotopic (exact) mass is 425 g/mol. The standard InChI is InChI=1S/C19H18ClF2N3O2S/c1-18(2)12-23-17(28-18)25(16(26)24-13-6-4-3-5-7-13)14-8-10-15(11-9-14)27-19(20,21)22/h3-11H,12H2,1-2H3,(H,24,26). The first kappa shape index (κ1) is 20.4. The minimum Gasteiger partial charge on any atom is -0.420 e. The molecule has 0 saturated heterocycles. The van der Waals surface area contributed by atoms with Gasteiger partial charge >= 0.3 is 11.6 Å². The lowest BCUT2D eigenvalue weighted by Gasteiger charge is -2.24. The van der Waals surface area contributed by atoms with Gasteiger partial charge in [0.2, 0.25) is 0 Å². The molecule has 5 nitrogen and oxygen atoms in total. The molecule has 2 aromatic carbocycles. The number of thioether (sulfide) groups is 1. The number of hydrogen-bond acceptors (Lipinski definition) is 4. The van der Waals surface area contributed by atoms with Crippen LogP contribution in [0.1, 0.15) is 13.8 Å². The number of amides is 2. The van der Waals surface area contributed by atoms with Crippen molar-refractivity contribution in [2.75, 3.05) is 16.8 Å². The van der Waals surface area contributed by atoms with Crippen molar-refractivity contribution in [2.45, 2.75) is 24.2 Å². The van der Waals surface area contributed by atoms with Crippen LogP contribution in [0.4, 0.5) is 25.0 Å². The van der Waals surface area contributed by atoms with E-state index in [0.717, 1.165) is 0 Å². The minimum atomic E-state index is -3.80. The van der Waals surface area contributed by atoms with E-state index < -0.39 is 11.6 Å². The Labute approximate surface area is 170 Å². The van der Waals surface area contributed by atoms with Gasteiger partial charge in [0.15, 0.2) is 5.17 Å². The van der Waals surface area contributed by atoms with Gasteiger partial charge in [0.1, 0.15) is 5.75 Å². The maximum absolute atomic E-state index is 13.0. The number of nitrogens with zero attached hydrogens (tertiary/aromatic N) is 2. The van der Waals surface area contributed by atoms with Crippen molar-refractivity contribution in [3.8, 4) is 5.75 Å². The van der Waals surface area contributed by atoms with Crippen LogP contribution in [0.5, 0.6) is 5.75 Å². The summed E-state index contributed by atoms with van der Waals surface area (Å²) in [5, 5.41) is 3.34. The number of para-hydroxylation sites is 1. The summed E-state index contributed by atoms with van der Waals surface area (Å²) in [6.45, 7) is 4.61. The molecule has 0 saturated carbocycles. The summed E-state index contributed by atoms with van der Waals surface area (Å²) in [5.74, 6) is -0.117. The van der Waals surface area contributed by atoms with Crippen LogP contribution >= 0.6 is 23.4 Å². The average Bonchev–Trinajstić information content (AvgIpc) is 2.96. The predicted molar refractivity (Wildman–Crippen MR) is 110 cm³/mol. The lowest BCUT2D eigenvalue weighted by molar-refractivity contribution is -0.0964. The molecule has 2 amide bonds. The third-order valence-corrected chi connectivity index (χ3v) is 4.96. The molecule has 148 valence electrons. The van der Waals surface area contributed by atoms with Crippen molar-refractivity contribution in [3.63, 3.8) is 0 Å². The molecule has 1 heterocycles. The van der Waals surface area contributed by atoms with Crippen LogP contribution in [0.15, 0.2) is 59.6 Å². The van der Waals surface area contributed by atoms with Crippen LogP contribution in [0.25, 0.3) is 0 Å². The van der Waals surface area contributed by atoms with E-state index in [1.54, 1.807) is 12.1 Å². The van der Waals surface area contributed by atoms with E-state index in [9.17, 15) is 13.6 Å². The van der Waals surface area contributed by atoms with Crippen molar-refractivity contribution in [2.24, 2.45) is 4.99 Å². The zero-order chi connectivity index (χ0) is 20.4. The maximum atomic E-state index is 13.0. The largest absolute Gasteiger partial charge is 0.487 e. The fourth-order valence-corrected chi connectivity index (χ4v) is 3.62. The van der Waals surface area contributed by atoms with Crippen LogP contribution in [0.2, 0.25) is 0 Å². The number of rotatable bonds is 4. The number of nitrogens with one attached hydrogen (secondary N) is 1. The average molecular weight is 426 g/mol. The quantitative estimate of drug-likeness (QED) is 0.632. The molecule has 3 rings (SSSR count). The summed E-state index contributed by atoms with van der Waals surface area (Å²) in [6.07, 6.45) is 0. The highest BCUT2D eigenvalue weighted by atomic mass is 35.5. The van der Waals surface area contributed by atoms with Gasteiger partial charge in [-0.3, -0.25) is 4.99 Å². The van der Waals surface area contributed by atoms with Crippen LogP contribution in [0.3, 0.4) is 0 Å². The predicted octanol–water partition coefficient (Wildman–Crippen LogP) is 5.77. The second-order valence-corrected chi connectivity index (χ2v) is 8.75. The number of benzene rings is 2. The maximum Gasteiger partial charge on any atom is 0.487 e. The normalized spacial score (nSPS) is 15.7. The Kier molecular flexibility index (Phi) is 5.81. The minimum absolute atomic E-state index is 0.117. The first-order chi connectivity index (χ1) is 13.1. The number of anilines is 2. The highest BCUT2D eigenvalue weighted by molar-refractivity contribution is 8.15. The molecule has 0 unspecified atom stereocenters. The zero-order valence-electron chi connectivity index (χ0n) is 15.2. The van der Waals surface area contributed by atoms with Gasteiger partial charge in [0.25, 0.3) is 0 Å². The van der Waals surface area contributed by atoms with E-state index in [1.807, 2.05) is 32.0 Å². The summed E-state index contributed by atoms with van der Waals surface area (Å²) in [6, 6.07) is 14.2. The molecule has 1 aliphatic rings. The Hall–Kier alpha value is -2.32. The van der Waals surface area contributed by atoms with Crippen molar-refractivity contribution >= 4 is 45.9 Å². The Bertz CT molecular complexity index is 871. The summed E-state index contributed by atoms with van der Waals surface area (Å²) in [5.41, 5.74) is -2.72. The van der Waals surface area contributed by atoms with Crippen molar-refractivity contribution in [1.29, 1.82) is 0 Å². The van der Waals surface area contributed by atoms with E-state index in [-0.39, 0.29) is 10.5 Å². The van der Waals surface area contributed by atoms with Crippen LogP contribution in [0, 0.1) is 0 Å². The van der Waals surface area contributed by atoms with Gasteiger partial charge < -0.3 is 10.1 Å². The molecule has 0 fully saturated rings. The van der Waals surface area contributed by atoms with Crippen molar-refractivity contribution < 1.29 is 18.3 Å². The summed E-state index contributed by atoms with van der Waals surface area (Å²) in [4.78, 5) is 18.9. The van der Waals surface area contributed by atoms with Gasteiger partial charge in [-0.05, 0) is 50.2 Å². The van der Waals surface area contributed by atoms with E-state index in [2.05, 4.69) is 15.0 Å². The second-order valence-electron chi connectivity index (χ2n) is 6.63. The van der Waals surface area contributed by atoms with Crippen LogP contribution in [-0.2, 0) is 0 Å². The lowest BCUT2D eigenvalue weighted by atomic mass is 10.2. The second kappa shape index (κ2) is 7.97. The lowest BCUT2D eigenvalue weighted by Crippen LogP contribution is -2.38. The smallest absolute Gasteiger partial charge is 0.420 e. The Morgan fingerprint density at radius 1 is 1.21 bits per heavy atom. The van der Waals surface area contributed by atoms with E-state index in [4.69, 9.17) is 11.6 Å². The van der Waals surface area contributed by atoms with E-state index in [0.29, 0.717) is 23.1 Å². The number of urea groups is 1. The zero-order valence-corrected chi connectivity index (χ0v) is 16.7. The number of ether oxygens (including phenoxy) is 1. The van der Waals surface area contributed by atoms with Gasteiger partial charge in [-0.2, -0.15) is 0 Å². The molecule has 0 bridgehead atoms. The third-order valence-electron chi connectivity index (χ3n) is 3.71. The molecule has 0 aromatic heterocycles. The van der Waals surface area contributed by atoms with Gasteiger partial charge in [0, 0.05) is 22.0 Å². The molecule has 0 spiro atoms. The first-order valence-corrected chi connectivity index (χ1v) is 9.58. The molecular formula is C19H18ClF2N3O2S. The number of carbonyl (C=O) groups excluding carboxylic acids is 1. The number of amidine groups is 1. The van der Waals surface area contributed by atoms with Gasteiger partial charge in [-0.1, -0.05) is 30.0 Å². The van der Waals surface area contributed by atoms with Gasteiger partial charge in [0.05, 0.1) is 12.2 Å². The van der Waals surface area contributed by atoms with Crippen LogP contribution < -0.4 is 15.0 Å². The summed E-state index contributed by atoms with van der Waals surface area (Å²) < 4.78 is 29.8.